The highest BCUT2D eigenvalue weighted by Gasteiger charge is 2.12. The number of hydrogen-bond acceptors (Lipinski definition) is 6. The average Bonchev–Trinajstić information content (AvgIpc) is 3.03. The second kappa shape index (κ2) is 6.45. The Morgan fingerprint density at radius 1 is 1.11 bits per heavy atom. The van der Waals surface area contributed by atoms with Gasteiger partial charge in [0.05, 0.1) is 12.0 Å². The summed E-state index contributed by atoms with van der Waals surface area (Å²) < 4.78 is 11.3. The monoisotopic (exact) mass is 362 g/mol. The minimum Gasteiger partial charge on any atom is -0.507 e. The second-order valence-corrected chi connectivity index (χ2v) is 5.88. The number of nitro benzene ring substituents is 1. The molecular formula is C20H14N2O5. The van der Waals surface area contributed by atoms with Crippen LogP contribution in [-0.2, 0) is 0 Å². The van der Waals surface area contributed by atoms with E-state index in [2.05, 4.69) is 4.99 Å². The summed E-state index contributed by atoms with van der Waals surface area (Å²) in [5.41, 5.74) is 1.99. The summed E-state index contributed by atoms with van der Waals surface area (Å²) in [5.74, 6) is 0.420. The first-order valence-electron chi connectivity index (χ1n) is 8.07. The summed E-state index contributed by atoms with van der Waals surface area (Å²) in [5, 5.41) is 22.7. The highest BCUT2D eigenvalue weighted by Crippen LogP contribution is 2.37. The molecule has 0 atom stereocenters. The van der Waals surface area contributed by atoms with Gasteiger partial charge >= 0.3 is 0 Å². The number of nitro groups is 1. The third kappa shape index (κ3) is 2.95. The van der Waals surface area contributed by atoms with Crippen LogP contribution in [0.5, 0.6) is 11.5 Å². The van der Waals surface area contributed by atoms with E-state index in [-0.39, 0.29) is 17.0 Å². The summed E-state index contributed by atoms with van der Waals surface area (Å²) in [6.45, 7) is 0. The van der Waals surface area contributed by atoms with Gasteiger partial charge in [-0.3, -0.25) is 15.1 Å². The Kier molecular flexibility index (Phi) is 3.97. The zero-order valence-corrected chi connectivity index (χ0v) is 14.2. The van der Waals surface area contributed by atoms with Crippen LogP contribution in [0.15, 0.2) is 64.0 Å². The lowest BCUT2D eigenvalue weighted by Gasteiger charge is -2.05. The summed E-state index contributed by atoms with van der Waals surface area (Å²) in [7, 11) is 1.54. The van der Waals surface area contributed by atoms with E-state index in [0.29, 0.717) is 17.0 Å². The van der Waals surface area contributed by atoms with Gasteiger partial charge in [0.25, 0.3) is 5.69 Å². The SMILES string of the molecule is COc1cc2c(cc1N=Cc1cc([N+](=O)[O-])ccc1O)oc1ccccc12. The highest BCUT2D eigenvalue weighted by molar-refractivity contribution is 6.06. The van der Waals surface area contributed by atoms with Gasteiger partial charge < -0.3 is 14.3 Å². The largest absolute Gasteiger partial charge is 0.507 e. The smallest absolute Gasteiger partial charge is 0.270 e. The Morgan fingerprint density at radius 2 is 1.93 bits per heavy atom. The number of nitrogens with zero attached hydrogens (tertiary/aromatic N) is 2. The third-order valence-electron chi connectivity index (χ3n) is 4.24. The summed E-state index contributed by atoms with van der Waals surface area (Å²) in [4.78, 5) is 14.7. The standard InChI is InChI=1S/C20H14N2O5/c1-26-20-9-15-14-4-2-3-5-18(14)27-19(15)10-16(20)21-11-12-8-13(22(24)25)6-7-17(12)23/h2-11,23H,1H3. The topological polar surface area (TPSA) is 98.1 Å². The Balaban J connectivity index is 1.81. The van der Waals surface area contributed by atoms with E-state index in [0.717, 1.165) is 16.4 Å². The Hall–Kier alpha value is -3.87. The molecule has 27 heavy (non-hydrogen) atoms. The number of non-ortho nitro benzene ring substituents is 1. The van der Waals surface area contributed by atoms with Crippen molar-refractivity contribution in [1.29, 1.82) is 0 Å². The van der Waals surface area contributed by atoms with E-state index in [4.69, 9.17) is 9.15 Å². The van der Waals surface area contributed by atoms with Crippen LogP contribution >= 0.6 is 0 Å². The van der Waals surface area contributed by atoms with Crippen LogP contribution in [-0.4, -0.2) is 23.4 Å². The first-order chi connectivity index (χ1) is 13.1. The van der Waals surface area contributed by atoms with Crippen LogP contribution in [0.3, 0.4) is 0 Å². The lowest BCUT2D eigenvalue weighted by atomic mass is 10.1. The van der Waals surface area contributed by atoms with Gasteiger partial charge in [-0.1, -0.05) is 18.2 Å². The molecule has 0 unspecified atom stereocenters. The number of rotatable bonds is 4. The lowest BCUT2D eigenvalue weighted by Crippen LogP contribution is -1.90. The average molecular weight is 362 g/mol. The quantitative estimate of drug-likeness (QED) is 0.314. The van der Waals surface area contributed by atoms with E-state index in [9.17, 15) is 15.2 Å². The maximum atomic E-state index is 10.9. The molecular weight excluding hydrogens is 348 g/mol. The van der Waals surface area contributed by atoms with Gasteiger partial charge in [0.2, 0.25) is 0 Å². The maximum absolute atomic E-state index is 10.9. The molecule has 7 heteroatoms. The number of phenols is 1. The summed E-state index contributed by atoms with van der Waals surface area (Å²) >= 11 is 0. The number of hydrogen-bond donors (Lipinski definition) is 1. The van der Waals surface area contributed by atoms with Crippen molar-refractivity contribution in [3.8, 4) is 11.5 Å². The van der Waals surface area contributed by atoms with Gasteiger partial charge in [-0.05, 0) is 18.2 Å². The van der Waals surface area contributed by atoms with Gasteiger partial charge in [-0.15, -0.1) is 0 Å². The molecule has 4 aromatic rings. The Bertz CT molecular complexity index is 1210. The van der Waals surface area contributed by atoms with Crippen LogP contribution in [0.1, 0.15) is 5.56 Å². The molecule has 0 aliphatic carbocycles. The molecule has 0 bridgehead atoms. The Labute approximate surface area is 153 Å². The van der Waals surface area contributed by atoms with Crippen LogP contribution in [0.25, 0.3) is 21.9 Å². The number of fused-ring (bicyclic) bond motifs is 3. The molecule has 0 fully saturated rings. The third-order valence-corrected chi connectivity index (χ3v) is 4.24. The van der Waals surface area contributed by atoms with Crippen molar-refractivity contribution in [2.45, 2.75) is 0 Å². The molecule has 7 nitrogen and oxygen atoms in total. The summed E-state index contributed by atoms with van der Waals surface area (Å²) in [6.07, 6.45) is 1.36. The molecule has 3 aromatic carbocycles. The van der Waals surface area contributed by atoms with Crippen LogP contribution < -0.4 is 4.74 Å². The van der Waals surface area contributed by atoms with Crippen LogP contribution in [0.4, 0.5) is 11.4 Å². The van der Waals surface area contributed by atoms with Gasteiger partial charge in [-0.25, -0.2) is 0 Å². The van der Waals surface area contributed by atoms with E-state index >= 15 is 0 Å². The summed E-state index contributed by atoms with van der Waals surface area (Å²) in [6, 6.07) is 15.0. The zero-order valence-electron chi connectivity index (χ0n) is 14.2. The lowest BCUT2D eigenvalue weighted by molar-refractivity contribution is -0.384. The first-order valence-corrected chi connectivity index (χ1v) is 8.07. The van der Waals surface area contributed by atoms with E-state index in [1.54, 1.807) is 6.07 Å². The second-order valence-electron chi connectivity index (χ2n) is 5.88. The molecule has 1 heterocycles. The zero-order chi connectivity index (χ0) is 19.0. The van der Waals surface area contributed by atoms with Crippen molar-refractivity contribution in [1.82, 2.24) is 0 Å². The van der Waals surface area contributed by atoms with E-state index in [1.807, 2.05) is 30.3 Å². The van der Waals surface area contributed by atoms with Gasteiger partial charge in [0, 0.05) is 40.7 Å². The molecule has 0 aliphatic rings. The molecule has 134 valence electrons. The fraction of sp³-hybridized carbons (Fsp3) is 0.0500. The molecule has 0 aliphatic heterocycles. The van der Waals surface area contributed by atoms with E-state index in [1.165, 1.54) is 31.5 Å². The van der Waals surface area contributed by atoms with Crippen LogP contribution in [0.2, 0.25) is 0 Å². The Morgan fingerprint density at radius 3 is 2.70 bits per heavy atom. The van der Waals surface area contributed by atoms with Gasteiger partial charge in [0.1, 0.15) is 28.4 Å². The number of phenolic OH excluding ortho intramolecular Hbond substituents is 1. The molecule has 1 N–H and O–H groups in total. The molecule has 1 aromatic heterocycles. The van der Waals surface area contributed by atoms with Gasteiger partial charge in [0.15, 0.2) is 0 Å². The fourth-order valence-corrected chi connectivity index (χ4v) is 2.90. The first kappa shape index (κ1) is 16.6. The fourth-order valence-electron chi connectivity index (χ4n) is 2.90. The number of methoxy groups -OCH3 is 1. The van der Waals surface area contributed by atoms with Crippen LogP contribution in [0, 0.1) is 10.1 Å². The highest BCUT2D eigenvalue weighted by atomic mass is 16.6. The molecule has 0 spiro atoms. The molecule has 0 saturated heterocycles. The molecule has 0 saturated carbocycles. The van der Waals surface area contributed by atoms with Crippen molar-refractivity contribution < 1.29 is 19.2 Å². The predicted octanol–water partition coefficient (Wildman–Crippen LogP) is 4.96. The van der Waals surface area contributed by atoms with Crippen molar-refractivity contribution in [2.75, 3.05) is 7.11 Å². The normalized spacial score (nSPS) is 11.4. The molecule has 4 rings (SSSR count). The van der Waals surface area contributed by atoms with Crippen molar-refractivity contribution in [3.63, 3.8) is 0 Å². The van der Waals surface area contributed by atoms with E-state index < -0.39 is 4.92 Å². The number of benzene rings is 3. The minimum atomic E-state index is -0.530. The number of aliphatic imine (C=N–C) groups is 1. The molecule has 0 radical (unpaired) electrons. The number of furan rings is 1. The van der Waals surface area contributed by atoms with Gasteiger partial charge in [-0.2, -0.15) is 0 Å². The minimum absolute atomic E-state index is 0.104. The number of ether oxygens (including phenoxy) is 1. The van der Waals surface area contributed by atoms with Crippen molar-refractivity contribution >= 4 is 39.5 Å². The molecule has 0 amide bonds. The predicted molar refractivity (Wildman–Crippen MR) is 102 cm³/mol. The van der Waals surface area contributed by atoms with Crippen molar-refractivity contribution in [3.05, 3.63) is 70.3 Å². The number of para-hydroxylation sites is 1. The number of aromatic hydroxyl groups is 1. The maximum Gasteiger partial charge on any atom is 0.270 e. The van der Waals surface area contributed by atoms with Crippen molar-refractivity contribution in [2.24, 2.45) is 4.99 Å².